The van der Waals surface area contributed by atoms with Gasteiger partial charge in [-0.25, -0.2) is 9.37 Å². The first kappa shape index (κ1) is 13.5. The van der Waals surface area contributed by atoms with Gasteiger partial charge in [-0.05, 0) is 37.3 Å². The number of carbonyl (C=O) groups excluding carboxylic acids is 1. The van der Waals surface area contributed by atoms with Crippen LogP contribution in [0.1, 0.15) is 21.6 Å². The maximum Gasteiger partial charge on any atom is 0.255 e. The smallest absolute Gasteiger partial charge is 0.255 e. The van der Waals surface area contributed by atoms with E-state index in [1.807, 2.05) is 6.07 Å². The standard InChI is InChI=1S/C14H11FN4O/c1-8-4-9(6-13(17)18-8)14(20)19-12-3-2-11(15)5-10(12)7-16/h2-6H,1H3,(H2,17,18)(H,19,20). The zero-order chi connectivity index (χ0) is 14.7. The Kier molecular flexibility index (Phi) is 3.62. The van der Waals surface area contributed by atoms with Crippen molar-refractivity contribution in [1.29, 1.82) is 5.26 Å². The highest BCUT2D eigenvalue weighted by atomic mass is 19.1. The van der Waals surface area contributed by atoms with E-state index in [0.717, 1.165) is 6.07 Å². The third kappa shape index (κ3) is 2.90. The number of halogens is 1. The van der Waals surface area contributed by atoms with Crippen LogP contribution in [-0.4, -0.2) is 10.9 Å². The predicted molar refractivity (Wildman–Crippen MR) is 72.5 cm³/mol. The Labute approximate surface area is 114 Å². The second-order valence-electron chi connectivity index (χ2n) is 4.18. The maximum absolute atomic E-state index is 13.0. The van der Waals surface area contributed by atoms with Crippen molar-refractivity contribution >= 4 is 17.4 Å². The molecule has 0 aliphatic carbocycles. The normalized spacial score (nSPS) is 9.85. The summed E-state index contributed by atoms with van der Waals surface area (Å²) in [4.78, 5) is 16.0. The summed E-state index contributed by atoms with van der Waals surface area (Å²) < 4.78 is 13.0. The van der Waals surface area contributed by atoms with Gasteiger partial charge in [0.15, 0.2) is 0 Å². The first-order valence-corrected chi connectivity index (χ1v) is 5.75. The number of nitrogens with two attached hydrogens (primary N) is 1. The van der Waals surface area contributed by atoms with Crippen LogP contribution in [0.4, 0.5) is 15.9 Å². The third-order valence-corrected chi connectivity index (χ3v) is 2.59. The van der Waals surface area contributed by atoms with E-state index in [0.29, 0.717) is 11.3 Å². The van der Waals surface area contributed by atoms with Gasteiger partial charge in [0.25, 0.3) is 5.91 Å². The molecule has 5 nitrogen and oxygen atoms in total. The minimum Gasteiger partial charge on any atom is -0.384 e. The molecule has 20 heavy (non-hydrogen) atoms. The zero-order valence-electron chi connectivity index (χ0n) is 10.6. The Morgan fingerprint density at radius 2 is 2.15 bits per heavy atom. The lowest BCUT2D eigenvalue weighted by Crippen LogP contribution is -2.14. The molecule has 0 radical (unpaired) electrons. The van der Waals surface area contributed by atoms with Gasteiger partial charge < -0.3 is 11.1 Å². The van der Waals surface area contributed by atoms with E-state index in [4.69, 9.17) is 11.0 Å². The van der Waals surface area contributed by atoms with Gasteiger partial charge in [-0.1, -0.05) is 0 Å². The number of aryl methyl sites for hydroxylation is 1. The van der Waals surface area contributed by atoms with Crippen molar-refractivity contribution in [2.24, 2.45) is 0 Å². The van der Waals surface area contributed by atoms with Crippen LogP contribution in [0.3, 0.4) is 0 Å². The zero-order valence-corrected chi connectivity index (χ0v) is 10.6. The number of nitrogen functional groups attached to an aromatic ring is 1. The summed E-state index contributed by atoms with van der Waals surface area (Å²) in [5.41, 5.74) is 6.80. The van der Waals surface area contributed by atoms with Crippen molar-refractivity contribution in [2.75, 3.05) is 11.1 Å². The highest BCUT2D eigenvalue weighted by molar-refractivity contribution is 6.05. The van der Waals surface area contributed by atoms with Crippen LogP contribution in [0.5, 0.6) is 0 Å². The molecule has 1 heterocycles. The molecule has 0 unspecified atom stereocenters. The molecule has 0 spiro atoms. The molecule has 0 aliphatic heterocycles. The Balaban J connectivity index is 2.30. The largest absolute Gasteiger partial charge is 0.384 e. The molecule has 1 aromatic carbocycles. The number of aromatic nitrogens is 1. The van der Waals surface area contributed by atoms with E-state index >= 15 is 0 Å². The average Bonchev–Trinajstić information content (AvgIpc) is 2.39. The molecule has 100 valence electrons. The molecule has 0 saturated carbocycles. The summed E-state index contributed by atoms with van der Waals surface area (Å²) in [7, 11) is 0. The van der Waals surface area contributed by atoms with Gasteiger partial charge in [-0.3, -0.25) is 4.79 Å². The fourth-order valence-corrected chi connectivity index (χ4v) is 1.74. The highest BCUT2D eigenvalue weighted by Gasteiger charge is 2.11. The third-order valence-electron chi connectivity index (χ3n) is 2.59. The minimum absolute atomic E-state index is 0.0529. The minimum atomic E-state index is -0.538. The van der Waals surface area contributed by atoms with E-state index in [-0.39, 0.29) is 17.1 Å². The van der Waals surface area contributed by atoms with Gasteiger partial charge in [0.2, 0.25) is 0 Å². The lowest BCUT2D eigenvalue weighted by atomic mass is 10.1. The topological polar surface area (TPSA) is 91.8 Å². The number of nitrogens with one attached hydrogen (secondary N) is 1. The van der Waals surface area contributed by atoms with E-state index in [9.17, 15) is 9.18 Å². The number of amides is 1. The van der Waals surface area contributed by atoms with Crippen molar-refractivity contribution in [2.45, 2.75) is 6.92 Å². The van der Waals surface area contributed by atoms with E-state index in [2.05, 4.69) is 10.3 Å². The van der Waals surface area contributed by atoms with Gasteiger partial charge >= 0.3 is 0 Å². The summed E-state index contributed by atoms with van der Waals surface area (Å²) in [6.07, 6.45) is 0. The van der Waals surface area contributed by atoms with E-state index < -0.39 is 11.7 Å². The molecule has 0 atom stereocenters. The summed E-state index contributed by atoms with van der Waals surface area (Å²) in [5, 5.41) is 11.5. The van der Waals surface area contributed by atoms with Gasteiger partial charge in [-0.2, -0.15) is 5.26 Å². The van der Waals surface area contributed by atoms with Crippen molar-refractivity contribution < 1.29 is 9.18 Å². The number of anilines is 2. The van der Waals surface area contributed by atoms with Gasteiger partial charge in [0.05, 0.1) is 11.3 Å². The molecule has 0 fully saturated rings. The molecule has 1 amide bonds. The lowest BCUT2D eigenvalue weighted by Gasteiger charge is -2.08. The number of pyridine rings is 1. The van der Waals surface area contributed by atoms with Crippen molar-refractivity contribution in [3.8, 4) is 6.07 Å². The van der Waals surface area contributed by atoms with Crippen LogP contribution in [0.25, 0.3) is 0 Å². The van der Waals surface area contributed by atoms with Crippen LogP contribution in [0, 0.1) is 24.1 Å². The molecule has 3 N–H and O–H groups in total. The Bertz CT molecular complexity index is 701. The van der Waals surface area contributed by atoms with Crippen LogP contribution in [-0.2, 0) is 0 Å². The predicted octanol–water partition coefficient (Wildman–Crippen LogP) is 2.24. The van der Waals surface area contributed by atoms with E-state index in [1.165, 1.54) is 18.2 Å². The second kappa shape index (κ2) is 5.36. The average molecular weight is 270 g/mol. The Morgan fingerprint density at radius 3 is 2.80 bits per heavy atom. The van der Waals surface area contributed by atoms with Crippen molar-refractivity contribution in [3.63, 3.8) is 0 Å². The first-order valence-electron chi connectivity index (χ1n) is 5.75. The molecule has 1 aromatic heterocycles. The maximum atomic E-state index is 13.0. The quantitative estimate of drug-likeness (QED) is 0.875. The molecule has 0 saturated heterocycles. The number of nitriles is 1. The van der Waals surface area contributed by atoms with Gasteiger partial charge in [0.1, 0.15) is 17.7 Å². The SMILES string of the molecule is Cc1cc(C(=O)Nc2ccc(F)cc2C#N)cc(N)n1. The lowest BCUT2D eigenvalue weighted by molar-refractivity contribution is 0.102. The number of rotatable bonds is 2. The second-order valence-corrected chi connectivity index (χ2v) is 4.18. The van der Waals surface area contributed by atoms with Crippen molar-refractivity contribution in [3.05, 3.63) is 53.0 Å². The number of hydrogen-bond donors (Lipinski definition) is 2. The molecule has 0 bridgehead atoms. The molecule has 6 heteroatoms. The van der Waals surface area contributed by atoms with Crippen LogP contribution >= 0.6 is 0 Å². The number of carbonyl (C=O) groups is 1. The van der Waals surface area contributed by atoms with Crippen molar-refractivity contribution in [1.82, 2.24) is 4.98 Å². The van der Waals surface area contributed by atoms with Crippen LogP contribution in [0.15, 0.2) is 30.3 Å². The summed E-state index contributed by atoms with van der Waals surface area (Å²) in [6.45, 7) is 1.71. The number of hydrogen-bond acceptors (Lipinski definition) is 4. The summed E-state index contributed by atoms with van der Waals surface area (Å²) >= 11 is 0. The summed E-state index contributed by atoms with van der Waals surface area (Å²) in [5.74, 6) is -0.747. The summed E-state index contributed by atoms with van der Waals surface area (Å²) in [6, 6.07) is 8.39. The monoisotopic (exact) mass is 270 g/mol. The Hall–Kier alpha value is -2.94. The Morgan fingerprint density at radius 1 is 1.40 bits per heavy atom. The molecular formula is C14H11FN4O. The molecule has 2 rings (SSSR count). The fourth-order valence-electron chi connectivity index (χ4n) is 1.74. The molecule has 2 aromatic rings. The first-order chi connectivity index (χ1) is 9.49. The fraction of sp³-hybridized carbons (Fsp3) is 0.0714. The highest BCUT2D eigenvalue weighted by Crippen LogP contribution is 2.17. The number of nitrogens with zero attached hydrogens (tertiary/aromatic N) is 2. The molecule has 0 aliphatic rings. The molecular weight excluding hydrogens is 259 g/mol. The van der Waals surface area contributed by atoms with Gasteiger partial charge in [0, 0.05) is 11.3 Å². The van der Waals surface area contributed by atoms with Crippen LogP contribution < -0.4 is 11.1 Å². The van der Waals surface area contributed by atoms with Gasteiger partial charge in [-0.15, -0.1) is 0 Å². The van der Waals surface area contributed by atoms with Crippen LogP contribution in [0.2, 0.25) is 0 Å². The van der Waals surface area contributed by atoms with E-state index in [1.54, 1.807) is 13.0 Å². The number of benzene rings is 1.